The van der Waals surface area contributed by atoms with Crippen molar-refractivity contribution in [1.82, 2.24) is 0 Å². The largest absolute Gasteiger partial charge is 0.310 e. The molecular weight excluding hydrogens is 965 g/mol. The summed E-state index contributed by atoms with van der Waals surface area (Å²) >= 11 is 0. The number of anilines is 6. The van der Waals surface area contributed by atoms with Crippen molar-refractivity contribution in [2.24, 2.45) is 0 Å². The van der Waals surface area contributed by atoms with Crippen LogP contribution in [0.2, 0.25) is 0 Å². The molecule has 0 fully saturated rings. The molecule has 13 aromatic carbocycles. The Hall–Kier alpha value is -9.76. The van der Waals surface area contributed by atoms with E-state index in [1.807, 2.05) is 0 Å². The van der Waals surface area contributed by atoms with Crippen LogP contribution in [0.4, 0.5) is 34.1 Å². The summed E-state index contributed by atoms with van der Waals surface area (Å²) in [6, 6.07) is 104. The first-order chi connectivity index (χ1) is 39.2. The Labute approximate surface area is 469 Å². The average molecular weight is 1020 g/mol. The van der Waals surface area contributed by atoms with Crippen LogP contribution in [0.5, 0.6) is 0 Å². The van der Waals surface area contributed by atoms with E-state index < -0.39 is 0 Å². The lowest BCUT2D eigenvalue weighted by Gasteiger charge is -2.30. The second kappa shape index (κ2) is 18.4. The molecule has 15 rings (SSSR count). The quantitative estimate of drug-likeness (QED) is 0.133. The van der Waals surface area contributed by atoms with Gasteiger partial charge in [-0.1, -0.05) is 228 Å². The lowest BCUT2D eigenvalue weighted by atomic mass is 9.81. The topological polar surface area (TPSA) is 6.48 Å². The summed E-state index contributed by atoms with van der Waals surface area (Å²) in [6.45, 7) is 9.52. The van der Waals surface area contributed by atoms with Crippen molar-refractivity contribution >= 4 is 66.4 Å². The molecule has 0 heterocycles. The summed E-state index contributed by atoms with van der Waals surface area (Å²) in [5.41, 5.74) is 24.3. The molecule has 13 aromatic rings. The molecule has 2 aliphatic rings. The molecule has 0 aromatic heterocycles. The Morgan fingerprint density at radius 3 is 1.25 bits per heavy atom. The van der Waals surface area contributed by atoms with Crippen LogP contribution in [-0.2, 0) is 10.8 Å². The molecule has 0 aliphatic heterocycles. The van der Waals surface area contributed by atoms with Crippen LogP contribution in [0.25, 0.3) is 88.0 Å². The second-order valence-electron chi connectivity index (χ2n) is 22.8. The van der Waals surface area contributed by atoms with E-state index >= 15 is 0 Å². The fourth-order valence-corrected chi connectivity index (χ4v) is 13.7. The van der Waals surface area contributed by atoms with E-state index in [0.717, 1.165) is 34.1 Å². The molecule has 0 radical (unpaired) electrons. The maximum atomic E-state index is 2.47. The first kappa shape index (κ1) is 47.5. The van der Waals surface area contributed by atoms with E-state index in [0.29, 0.717) is 0 Å². The van der Waals surface area contributed by atoms with Gasteiger partial charge in [-0.15, -0.1) is 0 Å². The highest BCUT2D eigenvalue weighted by molar-refractivity contribution is 6.24. The third kappa shape index (κ3) is 7.47. The van der Waals surface area contributed by atoms with Gasteiger partial charge >= 0.3 is 0 Å². The molecule has 0 spiro atoms. The summed E-state index contributed by atoms with van der Waals surface area (Å²) < 4.78 is 0. The van der Waals surface area contributed by atoms with Crippen LogP contribution < -0.4 is 9.80 Å². The molecule has 2 nitrogen and oxygen atoms in total. The van der Waals surface area contributed by atoms with Crippen molar-refractivity contribution < 1.29 is 0 Å². The van der Waals surface area contributed by atoms with Crippen molar-refractivity contribution in [2.45, 2.75) is 38.5 Å². The van der Waals surface area contributed by atoms with E-state index in [4.69, 9.17) is 0 Å². The fraction of sp³-hybridized carbons (Fsp3) is 0.0769. The van der Waals surface area contributed by atoms with Gasteiger partial charge in [-0.2, -0.15) is 0 Å². The smallest absolute Gasteiger partial charge is 0.0468 e. The highest BCUT2D eigenvalue weighted by Crippen LogP contribution is 2.55. The van der Waals surface area contributed by atoms with Gasteiger partial charge in [0, 0.05) is 45.0 Å². The molecule has 0 amide bonds. The Bertz CT molecular complexity index is 4570. The number of nitrogens with zero attached hydrogens (tertiary/aromatic N) is 2. The normalized spacial score (nSPS) is 13.4. The van der Waals surface area contributed by atoms with Gasteiger partial charge in [0.2, 0.25) is 0 Å². The predicted octanol–water partition coefficient (Wildman–Crippen LogP) is 21.7. The molecular formula is C78H58N2. The van der Waals surface area contributed by atoms with Crippen LogP contribution >= 0.6 is 0 Å². The van der Waals surface area contributed by atoms with Gasteiger partial charge in [0.15, 0.2) is 0 Å². The molecule has 80 heavy (non-hydrogen) atoms. The number of para-hydroxylation sites is 2. The highest BCUT2D eigenvalue weighted by atomic mass is 15.1. The number of rotatable bonds is 9. The van der Waals surface area contributed by atoms with Crippen molar-refractivity contribution in [3.8, 4) is 55.6 Å². The summed E-state index contributed by atoms with van der Waals surface area (Å²) in [4.78, 5) is 4.92. The molecule has 0 bridgehead atoms. The summed E-state index contributed by atoms with van der Waals surface area (Å²) in [5.74, 6) is 0. The third-order valence-electron chi connectivity index (χ3n) is 17.6. The lowest BCUT2D eigenvalue weighted by molar-refractivity contribution is 0.660. The maximum absolute atomic E-state index is 2.47. The molecule has 0 saturated heterocycles. The number of hydrogen-bond donors (Lipinski definition) is 0. The van der Waals surface area contributed by atoms with Gasteiger partial charge < -0.3 is 9.80 Å². The van der Waals surface area contributed by atoms with Gasteiger partial charge in [-0.05, 0) is 189 Å². The Kier molecular flexibility index (Phi) is 10.9. The van der Waals surface area contributed by atoms with Crippen LogP contribution in [0.1, 0.15) is 49.9 Å². The van der Waals surface area contributed by atoms with E-state index in [2.05, 4.69) is 317 Å². The highest BCUT2D eigenvalue weighted by Gasteiger charge is 2.38. The zero-order valence-electron chi connectivity index (χ0n) is 45.5. The minimum Gasteiger partial charge on any atom is -0.310 e. The van der Waals surface area contributed by atoms with Gasteiger partial charge in [0.1, 0.15) is 0 Å². The Morgan fingerprint density at radius 1 is 0.225 bits per heavy atom. The summed E-state index contributed by atoms with van der Waals surface area (Å²) in [6.07, 6.45) is 0. The van der Waals surface area contributed by atoms with Crippen molar-refractivity contribution in [1.29, 1.82) is 0 Å². The third-order valence-corrected chi connectivity index (χ3v) is 17.6. The van der Waals surface area contributed by atoms with Crippen LogP contribution in [0.3, 0.4) is 0 Å². The van der Waals surface area contributed by atoms with Gasteiger partial charge in [0.05, 0.1) is 0 Å². The second-order valence-corrected chi connectivity index (χ2v) is 22.8. The van der Waals surface area contributed by atoms with E-state index in [1.54, 1.807) is 0 Å². The first-order valence-electron chi connectivity index (χ1n) is 28.1. The lowest BCUT2D eigenvalue weighted by Crippen LogP contribution is -2.16. The van der Waals surface area contributed by atoms with E-state index in [1.165, 1.54) is 110 Å². The maximum Gasteiger partial charge on any atom is 0.0468 e. The molecule has 2 aliphatic carbocycles. The average Bonchev–Trinajstić information content (AvgIpc) is 4.02. The van der Waals surface area contributed by atoms with Crippen molar-refractivity contribution in [3.05, 3.63) is 301 Å². The monoisotopic (exact) mass is 1020 g/mol. The van der Waals surface area contributed by atoms with E-state index in [9.17, 15) is 0 Å². The van der Waals surface area contributed by atoms with Crippen LogP contribution in [0.15, 0.2) is 279 Å². The molecule has 0 atom stereocenters. The number of fused-ring (bicyclic) bond motifs is 9. The molecule has 2 heteroatoms. The van der Waals surface area contributed by atoms with Crippen LogP contribution in [-0.4, -0.2) is 0 Å². The number of hydrogen-bond acceptors (Lipinski definition) is 2. The first-order valence-corrected chi connectivity index (χ1v) is 28.1. The van der Waals surface area contributed by atoms with Crippen molar-refractivity contribution in [3.63, 3.8) is 0 Å². The molecule has 380 valence electrons. The van der Waals surface area contributed by atoms with Crippen LogP contribution in [0, 0.1) is 0 Å². The summed E-state index contributed by atoms with van der Waals surface area (Å²) in [7, 11) is 0. The Balaban J connectivity index is 0.965. The minimum absolute atomic E-state index is 0.147. The fourth-order valence-electron chi connectivity index (χ4n) is 13.7. The van der Waals surface area contributed by atoms with E-state index in [-0.39, 0.29) is 10.8 Å². The summed E-state index contributed by atoms with van der Waals surface area (Å²) in [5, 5.41) is 7.23. The zero-order valence-corrected chi connectivity index (χ0v) is 45.5. The zero-order chi connectivity index (χ0) is 53.7. The minimum atomic E-state index is -0.222. The van der Waals surface area contributed by atoms with Gasteiger partial charge in [-0.25, -0.2) is 0 Å². The Morgan fingerprint density at radius 2 is 0.637 bits per heavy atom. The van der Waals surface area contributed by atoms with Gasteiger partial charge in [-0.3, -0.25) is 0 Å². The van der Waals surface area contributed by atoms with Gasteiger partial charge in [0.25, 0.3) is 0 Å². The van der Waals surface area contributed by atoms with Crippen molar-refractivity contribution in [2.75, 3.05) is 9.80 Å². The predicted molar refractivity (Wildman–Crippen MR) is 340 cm³/mol. The SMILES string of the molecule is CC1(C)c2ccccc2-c2ccc(N(c3ccccc3)c3ccc4c(-c5cccc6ccccc56)c5cc(N(c6ccccc6)c6ccc7c(c6)C(C)(C)c6cc(-c8ccccc8)ccc6-7)ccc5c(-c5ccccc5)c4c3)cc21. The molecule has 0 saturated carbocycles. The standard InChI is InChI=1S/C78H58N2/c1-77(2)71-35-20-19-33-62(71)64-42-37-59(49-73(64)77)79(55-28-13-7-14-29-55)57-40-45-68-69(47-57)75(53-25-11-6-12-26-53)67-44-39-58(48-70(67)76(68)66-34-21-27-52-24-17-18-32-61(52)66)80(56-30-15-8-16-31-56)60-38-43-65-63-41-36-54(51-22-9-5-10-23-51)46-72(63)78(3,4)74(65)50-60/h5-50H,1-4H3. The molecule has 0 N–H and O–H groups in total. The number of benzene rings is 13. The molecule has 0 unspecified atom stereocenters.